The van der Waals surface area contributed by atoms with Gasteiger partial charge in [-0.25, -0.2) is 15.0 Å². The molecule has 8 heteroatoms. The van der Waals surface area contributed by atoms with Crippen molar-refractivity contribution in [2.75, 3.05) is 25.4 Å². The van der Waals surface area contributed by atoms with Crippen molar-refractivity contribution in [3.63, 3.8) is 0 Å². The van der Waals surface area contributed by atoms with Crippen LogP contribution in [-0.2, 0) is 13.0 Å². The number of imidazole rings is 1. The molecule has 0 saturated carbocycles. The highest BCUT2D eigenvalue weighted by atomic mass is 32.2. The Balaban J connectivity index is 1.51. The van der Waals surface area contributed by atoms with Crippen LogP contribution in [0.2, 0.25) is 0 Å². The molecule has 2 aromatic heterocycles. The third-order valence-corrected chi connectivity index (χ3v) is 6.95. The molecular weight excluding hydrogens is 396 g/mol. The first-order valence-corrected chi connectivity index (χ1v) is 11.2. The molecule has 0 radical (unpaired) electrons. The fourth-order valence-electron chi connectivity index (χ4n) is 4.20. The largest absolute Gasteiger partial charge is 0.493 e. The molecule has 4 heterocycles. The number of piperidine rings is 1. The quantitative estimate of drug-likeness (QED) is 0.613. The molecule has 2 aliphatic rings. The van der Waals surface area contributed by atoms with Crippen molar-refractivity contribution in [2.24, 2.45) is 5.92 Å². The number of nitrogens with zero attached hydrogens (tertiary/aromatic N) is 4. The highest BCUT2D eigenvalue weighted by molar-refractivity contribution is 7.99. The number of aryl methyl sites for hydroxylation is 1. The third kappa shape index (κ3) is 3.59. The smallest absolute Gasteiger partial charge is 0.175 e. The Labute approximate surface area is 179 Å². The van der Waals surface area contributed by atoms with Crippen LogP contribution in [-0.4, -0.2) is 39.2 Å². The van der Waals surface area contributed by atoms with Crippen LogP contribution in [0.1, 0.15) is 30.4 Å². The van der Waals surface area contributed by atoms with Crippen molar-refractivity contribution >= 4 is 28.7 Å². The number of nitrogens with two attached hydrogens (primary N) is 1. The number of nitrogens with one attached hydrogen (secondary N) is 1. The number of fused-ring (bicyclic) bond motifs is 2. The zero-order valence-corrected chi connectivity index (χ0v) is 17.5. The van der Waals surface area contributed by atoms with Gasteiger partial charge in [0, 0.05) is 23.4 Å². The minimum atomic E-state index is 0.400. The fourth-order valence-corrected chi connectivity index (χ4v) is 5.21. The predicted molar refractivity (Wildman–Crippen MR) is 118 cm³/mol. The SMILES string of the molecule is C#Cc1cc2c(cc1Sc1nc3c(N)ncnc3n1CCC1CCNCC1)OCC2. The Bertz CT molecular complexity index is 1130. The van der Waals surface area contributed by atoms with E-state index in [1.807, 2.05) is 6.07 Å². The van der Waals surface area contributed by atoms with Gasteiger partial charge in [-0.05, 0) is 56.0 Å². The van der Waals surface area contributed by atoms with Crippen molar-refractivity contribution in [1.29, 1.82) is 0 Å². The van der Waals surface area contributed by atoms with Crippen molar-refractivity contribution < 1.29 is 4.74 Å². The van der Waals surface area contributed by atoms with Crippen molar-refractivity contribution in [2.45, 2.75) is 42.3 Å². The summed E-state index contributed by atoms with van der Waals surface area (Å²) < 4.78 is 7.92. The number of anilines is 1. The zero-order valence-electron chi connectivity index (χ0n) is 16.7. The number of aromatic nitrogens is 4. The van der Waals surface area contributed by atoms with E-state index in [0.29, 0.717) is 23.9 Å². The summed E-state index contributed by atoms with van der Waals surface area (Å²) in [6.45, 7) is 3.72. The van der Waals surface area contributed by atoms with Crippen molar-refractivity contribution in [1.82, 2.24) is 24.8 Å². The van der Waals surface area contributed by atoms with E-state index >= 15 is 0 Å². The molecule has 0 aliphatic carbocycles. The van der Waals surface area contributed by atoms with Gasteiger partial charge in [-0.1, -0.05) is 17.7 Å². The van der Waals surface area contributed by atoms with Crippen LogP contribution in [0.15, 0.2) is 28.5 Å². The minimum absolute atomic E-state index is 0.400. The highest BCUT2D eigenvalue weighted by Gasteiger charge is 2.21. The number of hydrogen-bond donors (Lipinski definition) is 2. The summed E-state index contributed by atoms with van der Waals surface area (Å²) in [4.78, 5) is 14.4. The summed E-state index contributed by atoms with van der Waals surface area (Å²) in [6.07, 6.45) is 11.7. The van der Waals surface area contributed by atoms with E-state index in [2.05, 4.69) is 31.8 Å². The van der Waals surface area contributed by atoms with Gasteiger partial charge in [0.05, 0.1) is 6.61 Å². The molecule has 3 aromatic rings. The molecule has 1 aromatic carbocycles. The second-order valence-electron chi connectivity index (χ2n) is 7.76. The Kier molecular flexibility index (Phi) is 5.23. The predicted octanol–water partition coefficient (Wildman–Crippen LogP) is 2.87. The molecule has 5 rings (SSSR count). The maximum absolute atomic E-state index is 6.10. The number of hydrogen-bond acceptors (Lipinski definition) is 7. The summed E-state index contributed by atoms with van der Waals surface area (Å²) in [7, 11) is 0. The minimum Gasteiger partial charge on any atom is -0.493 e. The van der Waals surface area contributed by atoms with Gasteiger partial charge < -0.3 is 20.4 Å². The van der Waals surface area contributed by atoms with Crippen LogP contribution >= 0.6 is 11.8 Å². The number of nitrogen functional groups attached to an aromatic ring is 1. The first kappa shape index (κ1) is 19.2. The maximum Gasteiger partial charge on any atom is 0.175 e. The Morgan fingerprint density at radius 1 is 1.30 bits per heavy atom. The summed E-state index contributed by atoms with van der Waals surface area (Å²) in [5, 5.41) is 4.26. The molecular formula is C22H24N6OS. The first-order valence-electron chi connectivity index (χ1n) is 10.3. The second-order valence-corrected chi connectivity index (χ2v) is 8.77. The van der Waals surface area contributed by atoms with Crippen LogP contribution in [0, 0.1) is 18.3 Å². The molecule has 0 atom stereocenters. The molecule has 1 saturated heterocycles. The molecule has 154 valence electrons. The molecule has 0 spiro atoms. The first-order chi connectivity index (χ1) is 14.7. The van der Waals surface area contributed by atoms with Gasteiger partial charge in [-0.3, -0.25) is 0 Å². The third-order valence-electron chi connectivity index (χ3n) is 5.89. The summed E-state index contributed by atoms with van der Waals surface area (Å²) in [6, 6.07) is 4.09. The summed E-state index contributed by atoms with van der Waals surface area (Å²) in [5.74, 6) is 4.84. The van der Waals surface area contributed by atoms with E-state index < -0.39 is 0 Å². The van der Waals surface area contributed by atoms with Gasteiger partial charge >= 0.3 is 0 Å². The molecule has 3 N–H and O–H groups in total. The van der Waals surface area contributed by atoms with Crippen LogP contribution < -0.4 is 15.8 Å². The highest BCUT2D eigenvalue weighted by Crippen LogP contribution is 2.38. The zero-order chi connectivity index (χ0) is 20.5. The maximum atomic E-state index is 6.10. The molecule has 1 fully saturated rings. The lowest BCUT2D eigenvalue weighted by Gasteiger charge is -2.23. The van der Waals surface area contributed by atoms with Crippen LogP contribution in [0.3, 0.4) is 0 Å². The number of terminal acetylenes is 1. The van der Waals surface area contributed by atoms with Crippen LogP contribution in [0.25, 0.3) is 11.2 Å². The van der Waals surface area contributed by atoms with Gasteiger partial charge in [0.1, 0.15) is 12.1 Å². The van der Waals surface area contributed by atoms with Crippen LogP contribution in [0.5, 0.6) is 5.75 Å². The molecule has 0 bridgehead atoms. The Morgan fingerprint density at radius 2 is 2.17 bits per heavy atom. The molecule has 0 amide bonds. The fraction of sp³-hybridized carbons (Fsp3) is 0.409. The van der Waals surface area contributed by atoms with E-state index in [4.69, 9.17) is 21.9 Å². The van der Waals surface area contributed by atoms with E-state index in [9.17, 15) is 0 Å². The summed E-state index contributed by atoms with van der Waals surface area (Å²) >= 11 is 1.55. The lowest BCUT2D eigenvalue weighted by molar-refractivity contribution is 0.335. The lowest BCUT2D eigenvalue weighted by atomic mass is 9.95. The van der Waals surface area contributed by atoms with Crippen molar-refractivity contribution in [3.05, 3.63) is 29.6 Å². The van der Waals surface area contributed by atoms with Gasteiger partial charge in [0.25, 0.3) is 0 Å². The Hall–Kier alpha value is -2.76. The number of ether oxygens (including phenoxy) is 1. The number of benzene rings is 1. The molecule has 30 heavy (non-hydrogen) atoms. The monoisotopic (exact) mass is 420 g/mol. The van der Waals surface area contributed by atoms with Crippen molar-refractivity contribution in [3.8, 4) is 18.1 Å². The average molecular weight is 421 g/mol. The summed E-state index contributed by atoms with van der Waals surface area (Å²) in [5.41, 5.74) is 9.55. The van der Waals surface area contributed by atoms with Gasteiger partial charge in [-0.2, -0.15) is 0 Å². The van der Waals surface area contributed by atoms with E-state index in [-0.39, 0.29) is 0 Å². The number of rotatable bonds is 5. The van der Waals surface area contributed by atoms with E-state index in [1.54, 1.807) is 11.8 Å². The molecule has 2 aliphatic heterocycles. The standard InChI is InChI=1S/C22H24N6OS/c1-2-15-11-16-6-10-29-17(16)12-18(15)30-22-27-19-20(23)25-13-26-21(19)28(22)9-5-14-3-7-24-8-4-14/h1,11-14,24H,3-10H2,(H2,23,25,26). The average Bonchev–Trinajstić information content (AvgIpc) is 3.37. The van der Waals surface area contributed by atoms with Gasteiger partial charge in [-0.15, -0.1) is 6.42 Å². The normalized spacial score (nSPS) is 16.4. The van der Waals surface area contributed by atoms with Gasteiger partial charge in [0.15, 0.2) is 22.1 Å². The van der Waals surface area contributed by atoms with Crippen LogP contribution in [0.4, 0.5) is 5.82 Å². The van der Waals surface area contributed by atoms with Gasteiger partial charge in [0.2, 0.25) is 0 Å². The topological polar surface area (TPSA) is 90.9 Å². The van der Waals surface area contributed by atoms with E-state index in [0.717, 1.165) is 59.5 Å². The van der Waals surface area contributed by atoms with E-state index in [1.165, 1.54) is 24.7 Å². The Morgan fingerprint density at radius 3 is 3.00 bits per heavy atom. The lowest BCUT2D eigenvalue weighted by Crippen LogP contribution is -2.28. The molecule has 0 unspecified atom stereocenters. The molecule has 7 nitrogen and oxygen atoms in total. The second kappa shape index (κ2) is 8.17.